The van der Waals surface area contributed by atoms with E-state index in [9.17, 15) is 0 Å². The summed E-state index contributed by atoms with van der Waals surface area (Å²) in [6, 6.07) is 3.55. The van der Waals surface area contributed by atoms with Gasteiger partial charge in [0.05, 0.1) is 11.1 Å². The van der Waals surface area contributed by atoms with Crippen molar-refractivity contribution in [3.8, 4) is 5.75 Å². The highest BCUT2D eigenvalue weighted by Gasteiger charge is 2.21. The van der Waals surface area contributed by atoms with Crippen LogP contribution in [-0.2, 0) is 12.8 Å². The third-order valence-electron chi connectivity index (χ3n) is 5.01. The van der Waals surface area contributed by atoms with Gasteiger partial charge in [0.25, 0.3) is 0 Å². The molecule has 0 spiro atoms. The predicted molar refractivity (Wildman–Crippen MR) is 115 cm³/mol. The van der Waals surface area contributed by atoms with E-state index in [2.05, 4.69) is 15.3 Å². The molecule has 1 aliphatic carbocycles. The van der Waals surface area contributed by atoms with Crippen LogP contribution in [0.4, 0.5) is 17.2 Å². The molecule has 4 rings (SSSR count). The summed E-state index contributed by atoms with van der Waals surface area (Å²) in [6.07, 6.45) is 7.24. The van der Waals surface area contributed by atoms with Gasteiger partial charge in [0.15, 0.2) is 0 Å². The number of anilines is 3. The zero-order valence-corrected chi connectivity index (χ0v) is 16.6. The molecule has 0 saturated heterocycles. The Kier molecular flexibility index (Phi) is 5.15. The van der Waals surface area contributed by atoms with Gasteiger partial charge in [-0.3, -0.25) is 0 Å². The molecule has 1 aliphatic rings. The summed E-state index contributed by atoms with van der Waals surface area (Å²) >= 11 is 1.76. The normalized spacial score (nSPS) is 14.5. The summed E-state index contributed by atoms with van der Waals surface area (Å²) in [7, 11) is 0. The molecule has 28 heavy (non-hydrogen) atoms. The second kappa shape index (κ2) is 7.73. The molecule has 0 radical (unpaired) electrons. The number of nitrogens with two attached hydrogens (primary N) is 2. The number of nitrogens with zero attached hydrogens (tertiary/aromatic N) is 2. The van der Waals surface area contributed by atoms with E-state index < -0.39 is 0 Å². The number of hydrogen-bond acceptors (Lipinski definition) is 8. The minimum Gasteiger partial charge on any atom is -0.487 e. The van der Waals surface area contributed by atoms with Crippen molar-refractivity contribution in [2.24, 2.45) is 5.73 Å². The van der Waals surface area contributed by atoms with E-state index in [1.54, 1.807) is 23.7 Å². The summed E-state index contributed by atoms with van der Waals surface area (Å²) in [5.74, 6) is 1.35. The molecule has 0 saturated carbocycles. The van der Waals surface area contributed by atoms with Crippen LogP contribution in [0.15, 0.2) is 18.5 Å². The maximum absolute atomic E-state index is 7.62. The van der Waals surface area contributed by atoms with Gasteiger partial charge in [0, 0.05) is 35.0 Å². The smallest absolute Gasteiger partial charge is 0.145 e. The molecule has 0 amide bonds. The molecule has 8 heteroatoms. The highest BCUT2D eigenvalue weighted by molar-refractivity contribution is 7.19. The number of thiophene rings is 1. The van der Waals surface area contributed by atoms with Gasteiger partial charge in [-0.15, -0.1) is 11.3 Å². The van der Waals surface area contributed by atoms with Crippen molar-refractivity contribution in [3.63, 3.8) is 0 Å². The number of hydrogen-bond donors (Lipinski definition) is 4. The van der Waals surface area contributed by atoms with Crippen LogP contribution in [0.3, 0.4) is 0 Å². The van der Waals surface area contributed by atoms with E-state index in [0.717, 1.165) is 28.9 Å². The highest BCUT2D eigenvalue weighted by atomic mass is 32.1. The van der Waals surface area contributed by atoms with Crippen LogP contribution in [0.25, 0.3) is 10.2 Å². The van der Waals surface area contributed by atoms with Crippen LogP contribution >= 0.6 is 11.3 Å². The Balaban J connectivity index is 1.80. The lowest BCUT2D eigenvalue weighted by atomic mass is 9.97. The van der Waals surface area contributed by atoms with Crippen molar-refractivity contribution in [2.75, 3.05) is 17.6 Å². The van der Waals surface area contributed by atoms with E-state index in [1.807, 2.05) is 13.0 Å². The van der Waals surface area contributed by atoms with Gasteiger partial charge in [-0.25, -0.2) is 9.97 Å². The Labute approximate surface area is 167 Å². The fourth-order valence-corrected chi connectivity index (χ4v) is 4.74. The molecule has 3 aromatic rings. The van der Waals surface area contributed by atoms with Crippen LogP contribution in [-0.4, -0.2) is 28.8 Å². The Bertz CT molecular complexity index is 1030. The second-order valence-corrected chi connectivity index (χ2v) is 8.11. The van der Waals surface area contributed by atoms with E-state index in [4.69, 9.17) is 21.6 Å². The Morgan fingerprint density at radius 2 is 2.14 bits per heavy atom. The first-order valence-corrected chi connectivity index (χ1v) is 10.2. The van der Waals surface area contributed by atoms with Gasteiger partial charge in [-0.05, 0) is 44.2 Å². The van der Waals surface area contributed by atoms with Gasteiger partial charge in [0.1, 0.15) is 28.8 Å². The van der Waals surface area contributed by atoms with E-state index in [-0.39, 0.29) is 6.10 Å². The molecule has 2 heterocycles. The molecule has 0 unspecified atom stereocenters. The maximum atomic E-state index is 7.62. The van der Waals surface area contributed by atoms with Crippen molar-refractivity contribution in [2.45, 2.75) is 38.7 Å². The lowest BCUT2D eigenvalue weighted by Gasteiger charge is -2.19. The summed E-state index contributed by atoms with van der Waals surface area (Å²) in [4.78, 5) is 11.4. The minimum atomic E-state index is -0.162. The number of fused-ring (bicyclic) bond motifs is 3. The summed E-state index contributed by atoms with van der Waals surface area (Å²) in [6.45, 7) is 2.30. The van der Waals surface area contributed by atoms with E-state index >= 15 is 0 Å². The molecular weight excluding hydrogens is 372 g/mol. The Morgan fingerprint density at radius 1 is 1.32 bits per heavy atom. The number of aromatic nitrogens is 2. The SMILES string of the molecule is C[C@@H](CN)Oc1cc(N)c(C=N)cc1Nc1ncnc2sc3c(c12)CCCC3. The first-order chi connectivity index (χ1) is 13.6. The van der Waals surface area contributed by atoms with Crippen molar-refractivity contribution >= 4 is 45.0 Å². The summed E-state index contributed by atoms with van der Waals surface area (Å²) in [5.41, 5.74) is 15.0. The van der Waals surface area contributed by atoms with Crippen molar-refractivity contribution in [1.82, 2.24) is 9.97 Å². The quantitative estimate of drug-likeness (QED) is 0.373. The summed E-state index contributed by atoms with van der Waals surface area (Å²) in [5, 5.41) is 12.1. The number of aryl methyl sites for hydroxylation is 2. The molecule has 0 bridgehead atoms. The van der Waals surface area contributed by atoms with Gasteiger partial charge in [0.2, 0.25) is 0 Å². The lowest BCUT2D eigenvalue weighted by molar-refractivity contribution is 0.231. The van der Waals surface area contributed by atoms with Crippen LogP contribution < -0.4 is 21.5 Å². The fraction of sp³-hybridized carbons (Fsp3) is 0.350. The predicted octanol–water partition coefficient (Wildman–Crippen LogP) is 3.62. The van der Waals surface area contributed by atoms with Crippen molar-refractivity contribution < 1.29 is 4.74 Å². The molecule has 1 aromatic carbocycles. The van der Waals surface area contributed by atoms with E-state index in [1.165, 1.54) is 29.5 Å². The van der Waals surface area contributed by atoms with Crippen LogP contribution in [0.2, 0.25) is 0 Å². The first kappa shape index (κ1) is 18.6. The monoisotopic (exact) mass is 396 g/mol. The average Bonchev–Trinajstić information content (AvgIpc) is 3.09. The highest BCUT2D eigenvalue weighted by Crippen LogP contribution is 2.40. The van der Waals surface area contributed by atoms with Crippen molar-refractivity contribution in [1.29, 1.82) is 5.41 Å². The molecule has 2 aromatic heterocycles. The Hall–Kier alpha value is -2.71. The zero-order valence-electron chi connectivity index (χ0n) is 15.8. The third-order valence-corrected chi connectivity index (χ3v) is 6.21. The van der Waals surface area contributed by atoms with Crippen LogP contribution in [0, 0.1) is 5.41 Å². The number of ether oxygens (including phenoxy) is 1. The second-order valence-electron chi connectivity index (χ2n) is 7.02. The largest absolute Gasteiger partial charge is 0.487 e. The molecule has 1 atom stereocenters. The lowest BCUT2D eigenvalue weighted by Crippen LogP contribution is -2.23. The fourth-order valence-electron chi connectivity index (χ4n) is 3.51. The van der Waals surface area contributed by atoms with Gasteiger partial charge in [-0.2, -0.15) is 0 Å². The van der Waals surface area contributed by atoms with E-state index in [0.29, 0.717) is 29.2 Å². The average molecular weight is 397 g/mol. The standard InChI is InChI=1S/C20H24N6OS/c1-11(8-21)27-16-7-14(23)12(9-22)6-15(16)26-19-18-13-4-2-3-5-17(13)28-20(18)25-10-24-19/h6-7,9-11,22H,2-5,8,21,23H2,1H3,(H,24,25,26)/t11-/m0/s1. The molecule has 0 fully saturated rings. The molecule has 7 nitrogen and oxygen atoms in total. The summed E-state index contributed by atoms with van der Waals surface area (Å²) < 4.78 is 5.97. The number of nitrogens with one attached hydrogen (secondary N) is 2. The van der Waals surface area contributed by atoms with Gasteiger partial charge >= 0.3 is 0 Å². The number of benzene rings is 1. The third kappa shape index (κ3) is 3.41. The maximum Gasteiger partial charge on any atom is 0.145 e. The molecule has 6 N–H and O–H groups in total. The minimum absolute atomic E-state index is 0.162. The van der Waals surface area contributed by atoms with Gasteiger partial charge < -0.3 is 26.9 Å². The number of nitrogen functional groups attached to an aromatic ring is 1. The Morgan fingerprint density at radius 3 is 2.93 bits per heavy atom. The van der Waals surface area contributed by atoms with Gasteiger partial charge in [-0.1, -0.05) is 0 Å². The molecule has 146 valence electrons. The topological polar surface area (TPSA) is 123 Å². The van der Waals surface area contributed by atoms with Crippen molar-refractivity contribution in [3.05, 3.63) is 34.5 Å². The first-order valence-electron chi connectivity index (χ1n) is 9.43. The molecule has 0 aliphatic heterocycles. The van der Waals surface area contributed by atoms with Crippen LogP contribution in [0.5, 0.6) is 5.75 Å². The zero-order chi connectivity index (χ0) is 19.7. The van der Waals surface area contributed by atoms with Crippen LogP contribution in [0.1, 0.15) is 35.8 Å². The number of rotatable bonds is 6. The molecular formula is C20H24N6OS.